The number of halogens is 1. The summed E-state index contributed by atoms with van der Waals surface area (Å²) in [6.45, 7) is 3.37. The van der Waals surface area contributed by atoms with Crippen LogP contribution in [0.15, 0.2) is 0 Å². The molecule has 0 bridgehead atoms. The van der Waals surface area contributed by atoms with Crippen LogP contribution in [-0.2, 0) is 9.47 Å². The Morgan fingerprint density at radius 3 is 2.80 bits per heavy atom. The molecule has 15 heavy (non-hydrogen) atoms. The number of likely N-dealkylation sites (tertiary alicyclic amines) is 1. The SMILES string of the molecule is CCOC(=O)N1CCC(N)C(OC)C1.Cl. The second-order valence-electron chi connectivity index (χ2n) is 3.37. The van der Waals surface area contributed by atoms with E-state index < -0.39 is 0 Å². The molecule has 90 valence electrons. The summed E-state index contributed by atoms with van der Waals surface area (Å²) in [5.74, 6) is 0. The van der Waals surface area contributed by atoms with Crippen LogP contribution >= 0.6 is 12.4 Å². The van der Waals surface area contributed by atoms with Gasteiger partial charge in [-0.1, -0.05) is 0 Å². The average molecular weight is 239 g/mol. The number of piperidine rings is 1. The lowest BCUT2D eigenvalue weighted by atomic mass is 10.0. The van der Waals surface area contributed by atoms with Gasteiger partial charge in [0.05, 0.1) is 19.3 Å². The molecular formula is C9H19ClN2O3. The van der Waals surface area contributed by atoms with Crippen LogP contribution in [0.5, 0.6) is 0 Å². The number of amides is 1. The summed E-state index contributed by atoms with van der Waals surface area (Å²) in [6.07, 6.45) is 0.409. The lowest BCUT2D eigenvalue weighted by Crippen LogP contribution is -2.53. The fraction of sp³-hybridized carbons (Fsp3) is 0.889. The molecule has 1 fully saturated rings. The molecule has 2 unspecified atom stereocenters. The first kappa shape index (κ1) is 14.5. The topological polar surface area (TPSA) is 64.8 Å². The van der Waals surface area contributed by atoms with Crippen LogP contribution in [0, 0.1) is 0 Å². The number of carbonyl (C=O) groups is 1. The van der Waals surface area contributed by atoms with E-state index >= 15 is 0 Å². The Balaban J connectivity index is 0.00000196. The Labute approximate surface area is 96.3 Å². The van der Waals surface area contributed by atoms with Gasteiger partial charge in [0.25, 0.3) is 0 Å². The summed E-state index contributed by atoms with van der Waals surface area (Å²) in [6, 6.07) is 0.0191. The van der Waals surface area contributed by atoms with Crippen molar-refractivity contribution in [1.29, 1.82) is 0 Å². The molecule has 0 spiro atoms. The molecule has 2 N–H and O–H groups in total. The highest BCUT2D eigenvalue weighted by molar-refractivity contribution is 5.85. The molecule has 6 heteroatoms. The van der Waals surface area contributed by atoms with Gasteiger partial charge in [0.2, 0.25) is 0 Å². The molecule has 0 aliphatic carbocycles. The van der Waals surface area contributed by atoms with Crippen molar-refractivity contribution in [3.63, 3.8) is 0 Å². The number of methoxy groups -OCH3 is 1. The van der Waals surface area contributed by atoms with E-state index in [4.69, 9.17) is 15.2 Å². The number of nitrogens with two attached hydrogens (primary N) is 1. The second kappa shape index (κ2) is 6.87. The second-order valence-corrected chi connectivity index (χ2v) is 3.37. The summed E-state index contributed by atoms with van der Waals surface area (Å²) in [5, 5.41) is 0. The lowest BCUT2D eigenvalue weighted by Gasteiger charge is -2.35. The first-order chi connectivity index (χ1) is 6.69. The molecule has 0 saturated carbocycles. The van der Waals surface area contributed by atoms with Gasteiger partial charge < -0.3 is 20.1 Å². The largest absolute Gasteiger partial charge is 0.450 e. The average Bonchev–Trinajstić information content (AvgIpc) is 2.19. The number of hydrogen-bond donors (Lipinski definition) is 1. The zero-order valence-electron chi connectivity index (χ0n) is 9.14. The Bertz CT molecular complexity index is 204. The van der Waals surface area contributed by atoms with Crippen LogP contribution in [0.1, 0.15) is 13.3 Å². The van der Waals surface area contributed by atoms with Crippen molar-refractivity contribution in [2.75, 3.05) is 26.8 Å². The van der Waals surface area contributed by atoms with Gasteiger partial charge in [0, 0.05) is 19.7 Å². The maximum absolute atomic E-state index is 11.4. The highest BCUT2D eigenvalue weighted by Crippen LogP contribution is 2.12. The Morgan fingerprint density at radius 2 is 2.27 bits per heavy atom. The van der Waals surface area contributed by atoms with Crippen LogP contribution in [0.25, 0.3) is 0 Å². The van der Waals surface area contributed by atoms with Crippen molar-refractivity contribution in [3.05, 3.63) is 0 Å². The molecule has 1 amide bonds. The minimum atomic E-state index is -0.276. The predicted molar refractivity (Wildman–Crippen MR) is 59.2 cm³/mol. The van der Waals surface area contributed by atoms with Gasteiger partial charge in [0.1, 0.15) is 0 Å². The van der Waals surface area contributed by atoms with Crippen molar-refractivity contribution >= 4 is 18.5 Å². The first-order valence-electron chi connectivity index (χ1n) is 4.89. The molecular weight excluding hydrogens is 220 g/mol. The minimum absolute atomic E-state index is 0. The maximum Gasteiger partial charge on any atom is 0.409 e. The molecule has 1 rings (SSSR count). The van der Waals surface area contributed by atoms with Crippen LogP contribution in [0.3, 0.4) is 0 Å². The zero-order valence-corrected chi connectivity index (χ0v) is 9.96. The van der Waals surface area contributed by atoms with E-state index in [2.05, 4.69) is 0 Å². The van der Waals surface area contributed by atoms with Crippen molar-refractivity contribution in [2.24, 2.45) is 5.73 Å². The third-order valence-corrected chi connectivity index (χ3v) is 2.44. The van der Waals surface area contributed by atoms with Gasteiger partial charge in [-0.15, -0.1) is 12.4 Å². The van der Waals surface area contributed by atoms with E-state index in [0.717, 1.165) is 6.42 Å². The van der Waals surface area contributed by atoms with E-state index in [1.54, 1.807) is 18.9 Å². The van der Waals surface area contributed by atoms with Crippen LogP contribution < -0.4 is 5.73 Å². The van der Waals surface area contributed by atoms with Crippen LogP contribution in [-0.4, -0.2) is 49.9 Å². The number of rotatable bonds is 2. The summed E-state index contributed by atoms with van der Waals surface area (Å²) in [4.78, 5) is 13.0. The van der Waals surface area contributed by atoms with Crippen molar-refractivity contribution in [1.82, 2.24) is 4.90 Å². The Hall–Kier alpha value is -0.520. The summed E-state index contributed by atoms with van der Waals surface area (Å²) in [7, 11) is 1.61. The van der Waals surface area contributed by atoms with E-state index in [0.29, 0.717) is 19.7 Å². The van der Waals surface area contributed by atoms with E-state index in [9.17, 15) is 4.79 Å². The Morgan fingerprint density at radius 1 is 1.60 bits per heavy atom. The van der Waals surface area contributed by atoms with Crippen LogP contribution in [0.4, 0.5) is 4.79 Å². The highest BCUT2D eigenvalue weighted by atomic mass is 35.5. The molecule has 0 aromatic heterocycles. The fourth-order valence-electron chi connectivity index (χ4n) is 1.56. The smallest absolute Gasteiger partial charge is 0.409 e. The summed E-state index contributed by atoms with van der Waals surface area (Å²) >= 11 is 0. The van der Waals surface area contributed by atoms with Crippen molar-refractivity contribution in [2.45, 2.75) is 25.5 Å². The van der Waals surface area contributed by atoms with Gasteiger partial charge in [-0.25, -0.2) is 4.79 Å². The maximum atomic E-state index is 11.4. The van der Waals surface area contributed by atoms with Crippen molar-refractivity contribution in [3.8, 4) is 0 Å². The van der Waals surface area contributed by atoms with E-state index in [1.165, 1.54) is 0 Å². The van der Waals surface area contributed by atoms with Gasteiger partial charge in [-0.2, -0.15) is 0 Å². The van der Waals surface area contributed by atoms with E-state index in [1.807, 2.05) is 0 Å². The number of ether oxygens (including phenoxy) is 2. The normalized spacial score (nSPS) is 25.7. The first-order valence-corrected chi connectivity index (χ1v) is 4.89. The third kappa shape index (κ3) is 3.85. The Kier molecular flexibility index (Phi) is 6.63. The van der Waals surface area contributed by atoms with Crippen LogP contribution in [0.2, 0.25) is 0 Å². The van der Waals surface area contributed by atoms with Gasteiger partial charge in [-0.05, 0) is 13.3 Å². The molecule has 0 aromatic rings. The molecule has 1 aliphatic rings. The predicted octanol–water partition coefficient (Wildman–Crippen LogP) is 0.613. The van der Waals surface area contributed by atoms with Gasteiger partial charge in [-0.3, -0.25) is 0 Å². The zero-order chi connectivity index (χ0) is 10.6. The summed E-state index contributed by atoms with van der Waals surface area (Å²) < 4.78 is 10.1. The van der Waals surface area contributed by atoms with Gasteiger partial charge >= 0.3 is 6.09 Å². The number of nitrogens with zero attached hydrogens (tertiary/aromatic N) is 1. The fourth-order valence-corrected chi connectivity index (χ4v) is 1.56. The van der Waals surface area contributed by atoms with E-state index in [-0.39, 0.29) is 30.6 Å². The summed E-state index contributed by atoms with van der Waals surface area (Å²) in [5.41, 5.74) is 5.82. The number of hydrogen-bond acceptors (Lipinski definition) is 4. The highest BCUT2D eigenvalue weighted by Gasteiger charge is 2.29. The lowest BCUT2D eigenvalue weighted by molar-refractivity contribution is 0.0131. The monoisotopic (exact) mass is 238 g/mol. The molecule has 1 aliphatic heterocycles. The van der Waals surface area contributed by atoms with Crippen molar-refractivity contribution < 1.29 is 14.3 Å². The standard InChI is InChI=1S/C9H18N2O3.ClH/c1-3-14-9(12)11-5-4-7(10)8(6-11)13-2;/h7-8H,3-6,10H2,1-2H3;1H. The third-order valence-electron chi connectivity index (χ3n) is 2.44. The molecule has 5 nitrogen and oxygen atoms in total. The number of carbonyl (C=O) groups excluding carboxylic acids is 1. The molecule has 2 atom stereocenters. The molecule has 1 saturated heterocycles. The molecule has 1 heterocycles. The quantitative estimate of drug-likeness (QED) is 0.766. The van der Waals surface area contributed by atoms with Gasteiger partial charge in [0.15, 0.2) is 0 Å². The molecule has 0 aromatic carbocycles. The minimum Gasteiger partial charge on any atom is -0.450 e. The molecule has 0 radical (unpaired) electrons.